The molecule has 0 aromatic heterocycles. The Bertz CT molecular complexity index is 299. The number of ketones is 1. The predicted octanol–water partition coefficient (Wildman–Crippen LogP) is 2.23. The van der Waals surface area contributed by atoms with Crippen molar-refractivity contribution in [2.75, 3.05) is 6.54 Å². The van der Waals surface area contributed by atoms with Crippen LogP contribution in [0.25, 0.3) is 0 Å². The molecule has 3 atom stereocenters. The maximum absolute atomic E-state index is 12.3. The lowest BCUT2D eigenvalue weighted by molar-refractivity contribution is -0.128. The molecule has 2 aliphatic carbocycles. The summed E-state index contributed by atoms with van der Waals surface area (Å²) in [5, 5.41) is 0. The first-order valence-electron chi connectivity index (χ1n) is 6.44. The van der Waals surface area contributed by atoms with Crippen molar-refractivity contribution in [1.82, 2.24) is 4.90 Å². The molecule has 1 saturated heterocycles. The molecule has 2 heteroatoms. The second kappa shape index (κ2) is 3.07. The highest BCUT2D eigenvalue weighted by atomic mass is 16.1. The molecule has 3 fully saturated rings. The van der Waals surface area contributed by atoms with Crippen molar-refractivity contribution in [3.05, 3.63) is 0 Å². The fourth-order valence-corrected chi connectivity index (χ4v) is 4.51. The van der Waals surface area contributed by atoms with Gasteiger partial charge >= 0.3 is 0 Å². The van der Waals surface area contributed by atoms with Crippen molar-refractivity contribution in [3.63, 3.8) is 0 Å². The second-order valence-electron chi connectivity index (χ2n) is 5.96. The molecular formula is C13H21NO. The Hall–Kier alpha value is -0.370. The zero-order valence-electron chi connectivity index (χ0n) is 9.83. The van der Waals surface area contributed by atoms with E-state index in [-0.39, 0.29) is 5.54 Å². The Morgan fingerprint density at radius 3 is 2.73 bits per heavy atom. The van der Waals surface area contributed by atoms with Gasteiger partial charge in [-0.1, -0.05) is 6.42 Å². The van der Waals surface area contributed by atoms with Crippen LogP contribution in [0.5, 0.6) is 0 Å². The number of hydrogen-bond donors (Lipinski definition) is 0. The number of nitrogens with zero attached hydrogens (tertiary/aromatic N) is 1. The number of carbonyl (C=O) groups excluding carboxylic acids is 1. The third-order valence-corrected chi connectivity index (χ3v) is 5.01. The normalized spacial score (nSPS) is 45.1. The molecule has 1 aliphatic heterocycles. The van der Waals surface area contributed by atoms with Gasteiger partial charge in [0, 0.05) is 19.0 Å². The molecule has 3 rings (SSSR count). The first kappa shape index (κ1) is 9.83. The van der Waals surface area contributed by atoms with Crippen LogP contribution < -0.4 is 0 Å². The zero-order chi connectivity index (χ0) is 10.6. The third kappa shape index (κ3) is 1.12. The fourth-order valence-electron chi connectivity index (χ4n) is 4.51. The number of hydrogen-bond acceptors (Lipinski definition) is 2. The van der Waals surface area contributed by atoms with E-state index < -0.39 is 0 Å². The van der Waals surface area contributed by atoms with Gasteiger partial charge in [-0.3, -0.25) is 9.69 Å². The van der Waals surface area contributed by atoms with Crippen LogP contribution in [0, 0.1) is 11.8 Å². The Morgan fingerprint density at radius 1 is 1.40 bits per heavy atom. The van der Waals surface area contributed by atoms with Crippen LogP contribution >= 0.6 is 0 Å². The van der Waals surface area contributed by atoms with Crippen LogP contribution in [0.4, 0.5) is 0 Å². The van der Waals surface area contributed by atoms with E-state index in [1.54, 1.807) is 0 Å². The fraction of sp³-hybridized carbons (Fsp3) is 0.923. The second-order valence-corrected chi connectivity index (χ2v) is 5.96. The summed E-state index contributed by atoms with van der Waals surface area (Å²) in [5.41, 5.74) is -0.00289. The summed E-state index contributed by atoms with van der Waals surface area (Å²) in [6.07, 6.45) is 6.00. The summed E-state index contributed by atoms with van der Waals surface area (Å²) in [6, 6.07) is 0.538. The summed E-state index contributed by atoms with van der Waals surface area (Å²) in [7, 11) is 0. The molecule has 0 aromatic carbocycles. The summed E-state index contributed by atoms with van der Waals surface area (Å²) in [5.74, 6) is 2.11. The van der Waals surface area contributed by atoms with Crippen LogP contribution in [0.2, 0.25) is 0 Å². The molecule has 2 bridgehead atoms. The average Bonchev–Trinajstić information content (AvgIpc) is 2.83. The molecule has 2 saturated carbocycles. The Morgan fingerprint density at radius 2 is 2.20 bits per heavy atom. The average molecular weight is 207 g/mol. The monoisotopic (exact) mass is 207 g/mol. The van der Waals surface area contributed by atoms with E-state index in [9.17, 15) is 4.79 Å². The summed E-state index contributed by atoms with van der Waals surface area (Å²) in [4.78, 5) is 14.8. The van der Waals surface area contributed by atoms with Gasteiger partial charge in [-0.05, 0) is 44.9 Å². The first-order chi connectivity index (χ1) is 7.14. The topological polar surface area (TPSA) is 20.3 Å². The maximum Gasteiger partial charge on any atom is 0.154 e. The SMILES string of the molecule is CC(C)N1CCC(=O)C12CC1CCC2C1. The minimum Gasteiger partial charge on any atom is -0.298 e. The highest BCUT2D eigenvalue weighted by molar-refractivity contribution is 5.91. The van der Waals surface area contributed by atoms with Crippen LogP contribution in [0.1, 0.15) is 46.0 Å². The Balaban J connectivity index is 1.97. The smallest absolute Gasteiger partial charge is 0.154 e. The molecule has 0 radical (unpaired) electrons. The van der Waals surface area contributed by atoms with E-state index >= 15 is 0 Å². The van der Waals surface area contributed by atoms with Gasteiger partial charge in [0.1, 0.15) is 0 Å². The molecule has 0 aromatic rings. The van der Waals surface area contributed by atoms with Gasteiger partial charge in [0.2, 0.25) is 0 Å². The summed E-state index contributed by atoms with van der Waals surface area (Å²) < 4.78 is 0. The van der Waals surface area contributed by atoms with Crippen molar-refractivity contribution in [2.45, 2.75) is 57.5 Å². The minimum absolute atomic E-state index is 0.00289. The predicted molar refractivity (Wildman–Crippen MR) is 59.6 cm³/mol. The first-order valence-corrected chi connectivity index (χ1v) is 6.44. The molecule has 0 N–H and O–H groups in total. The lowest BCUT2D eigenvalue weighted by Crippen LogP contribution is -2.54. The molecule has 3 unspecified atom stereocenters. The molecular weight excluding hydrogens is 186 g/mol. The zero-order valence-corrected chi connectivity index (χ0v) is 9.83. The Labute approximate surface area is 92.0 Å². The van der Waals surface area contributed by atoms with Gasteiger partial charge in [0.25, 0.3) is 0 Å². The number of likely N-dealkylation sites (tertiary alicyclic amines) is 1. The van der Waals surface area contributed by atoms with Gasteiger partial charge in [-0.2, -0.15) is 0 Å². The van der Waals surface area contributed by atoms with Crippen molar-refractivity contribution in [2.24, 2.45) is 11.8 Å². The molecule has 3 aliphatic rings. The largest absolute Gasteiger partial charge is 0.298 e. The standard InChI is InChI=1S/C13H21NO/c1-9(2)14-6-5-12(15)13(14)8-10-3-4-11(13)7-10/h9-11H,3-8H2,1-2H3. The van der Waals surface area contributed by atoms with Gasteiger partial charge in [0.05, 0.1) is 5.54 Å². The number of carbonyl (C=O) groups is 1. The lowest BCUT2D eigenvalue weighted by atomic mass is 9.77. The highest BCUT2D eigenvalue weighted by Gasteiger charge is 2.60. The van der Waals surface area contributed by atoms with Gasteiger partial charge < -0.3 is 0 Å². The van der Waals surface area contributed by atoms with E-state index in [1.807, 2.05) is 0 Å². The van der Waals surface area contributed by atoms with E-state index in [2.05, 4.69) is 18.7 Å². The minimum atomic E-state index is -0.00289. The lowest BCUT2D eigenvalue weighted by Gasteiger charge is -2.42. The maximum atomic E-state index is 12.3. The summed E-state index contributed by atoms with van der Waals surface area (Å²) in [6.45, 7) is 5.50. The van der Waals surface area contributed by atoms with E-state index in [4.69, 9.17) is 0 Å². The van der Waals surface area contributed by atoms with Crippen LogP contribution in [0.3, 0.4) is 0 Å². The van der Waals surface area contributed by atoms with Crippen molar-refractivity contribution < 1.29 is 4.79 Å². The van der Waals surface area contributed by atoms with E-state index in [0.29, 0.717) is 17.7 Å². The van der Waals surface area contributed by atoms with Gasteiger partial charge in [-0.15, -0.1) is 0 Å². The molecule has 15 heavy (non-hydrogen) atoms. The van der Waals surface area contributed by atoms with Crippen LogP contribution in [-0.2, 0) is 4.79 Å². The van der Waals surface area contributed by atoms with Crippen LogP contribution in [-0.4, -0.2) is 28.8 Å². The van der Waals surface area contributed by atoms with Crippen molar-refractivity contribution >= 4 is 5.78 Å². The molecule has 1 spiro atoms. The number of rotatable bonds is 1. The van der Waals surface area contributed by atoms with Crippen molar-refractivity contribution in [1.29, 1.82) is 0 Å². The summed E-state index contributed by atoms with van der Waals surface area (Å²) >= 11 is 0. The highest BCUT2D eigenvalue weighted by Crippen LogP contribution is 2.56. The third-order valence-electron chi connectivity index (χ3n) is 5.01. The number of fused-ring (bicyclic) bond motifs is 3. The van der Waals surface area contributed by atoms with Gasteiger partial charge in [-0.25, -0.2) is 0 Å². The Kier molecular flexibility index (Phi) is 2.01. The molecule has 1 heterocycles. The molecule has 84 valence electrons. The number of Topliss-reactive ketones (excluding diaryl/α,β-unsaturated/α-hetero) is 1. The molecule has 0 amide bonds. The van der Waals surface area contributed by atoms with Crippen LogP contribution in [0.15, 0.2) is 0 Å². The van der Waals surface area contributed by atoms with E-state index in [0.717, 1.165) is 18.9 Å². The van der Waals surface area contributed by atoms with Gasteiger partial charge in [0.15, 0.2) is 5.78 Å². The van der Waals surface area contributed by atoms with Crippen molar-refractivity contribution in [3.8, 4) is 0 Å². The molecule has 2 nitrogen and oxygen atoms in total. The van der Waals surface area contributed by atoms with E-state index in [1.165, 1.54) is 25.7 Å². The quantitative estimate of drug-likeness (QED) is 0.657.